The molecular formula is C20H24N4O3. The monoisotopic (exact) mass is 368 g/mol. The molecule has 0 aliphatic carbocycles. The van der Waals surface area contributed by atoms with E-state index in [-0.39, 0.29) is 11.7 Å². The summed E-state index contributed by atoms with van der Waals surface area (Å²) in [5.41, 5.74) is 6.99. The van der Waals surface area contributed by atoms with Crippen molar-refractivity contribution in [3.8, 4) is 5.75 Å². The molecule has 0 aliphatic heterocycles. The Labute approximate surface area is 159 Å². The van der Waals surface area contributed by atoms with Gasteiger partial charge in [-0.15, -0.1) is 0 Å². The zero-order valence-corrected chi connectivity index (χ0v) is 15.8. The minimum atomic E-state index is -0.235. The van der Waals surface area contributed by atoms with Gasteiger partial charge in [0.25, 0.3) is 0 Å². The molecular weight excluding hydrogens is 344 g/mol. The Morgan fingerprint density at radius 2 is 1.78 bits per heavy atom. The van der Waals surface area contributed by atoms with E-state index in [1.165, 1.54) is 12.2 Å². The molecule has 7 nitrogen and oxygen atoms in total. The number of hydrogen-bond acceptors (Lipinski definition) is 6. The van der Waals surface area contributed by atoms with Gasteiger partial charge in [-0.2, -0.15) is 0 Å². The zero-order chi connectivity index (χ0) is 19.8. The van der Waals surface area contributed by atoms with Gasteiger partial charge in [0.05, 0.1) is 19.0 Å². The maximum Gasteiger partial charge on any atom is 0.246 e. The first-order valence-corrected chi connectivity index (χ1v) is 8.45. The molecule has 0 spiro atoms. The molecule has 1 aromatic carbocycles. The molecule has 1 heterocycles. The maximum absolute atomic E-state index is 12.2. The first-order chi connectivity index (χ1) is 12.9. The molecule has 2 aromatic rings. The molecule has 0 radical (unpaired) electrons. The Bertz CT molecular complexity index is 801. The lowest BCUT2D eigenvalue weighted by molar-refractivity contribution is -0.124. The average molecular weight is 368 g/mol. The van der Waals surface area contributed by atoms with Crippen LogP contribution in [0.3, 0.4) is 0 Å². The van der Waals surface area contributed by atoms with Gasteiger partial charge in [0.2, 0.25) is 5.91 Å². The minimum Gasteiger partial charge on any atom is -0.497 e. The van der Waals surface area contributed by atoms with Crippen LogP contribution in [0.4, 0.5) is 11.5 Å². The number of amides is 1. The molecule has 0 saturated carbocycles. The van der Waals surface area contributed by atoms with E-state index in [4.69, 9.17) is 10.5 Å². The number of carbonyl (C=O) groups excluding carboxylic acids is 2. The number of nitrogen functional groups attached to an aromatic ring is 1. The fourth-order valence-electron chi connectivity index (χ4n) is 2.29. The molecule has 0 saturated heterocycles. The van der Waals surface area contributed by atoms with E-state index in [9.17, 15) is 9.59 Å². The molecule has 0 fully saturated rings. The number of rotatable bonds is 8. The van der Waals surface area contributed by atoms with E-state index in [1.54, 1.807) is 55.6 Å². The van der Waals surface area contributed by atoms with Crippen molar-refractivity contribution in [2.24, 2.45) is 0 Å². The number of likely N-dealkylation sites (N-methyl/N-ethyl adjacent to an activating group) is 2. The van der Waals surface area contributed by atoms with Crippen molar-refractivity contribution < 1.29 is 14.3 Å². The highest BCUT2D eigenvalue weighted by molar-refractivity contribution is 6.07. The largest absolute Gasteiger partial charge is 0.497 e. The van der Waals surface area contributed by atoms with E-state index in [0.717, 1.165) is 5.69 Å². The third kappa shape index (κ3) is 5.85. The van der Waals surface area contributed by atoms with Crippen LogP contribution in [0.2, 0.25) is 0 Å². The van der Waals surface area contributed by atoms with Crippen LogP contribution in [0.15, 0.2) is 54.7 Å². The van der Waals surface area contributed by atoms with Crippen LogP contribution in [-0.2, 0) is 4.79 Å². The average Bonchev–Trinajstić information content (AvgIpc) is 2.70. The van der Waals surface area contributed by atoms with E-state index in [0.29, 0.717) is 30.2 Å². The summed E-state index contributed by atoms with van der Waals surface area (Å²) in [6.07, 6.45) is 4.26. The van der Waals surface area contributed by atoms with Gasteiger partial charge in [-0.05, 0) is 42.5 Å². The third-order valence-corrected chi connectivity index (χ3v) is 4.11. The number of anilines is 2. The summed E-state index contributed by atoms with van der Waals surface area (Å²) >= 11 is 0. The van der Waals surface area contributed by atoms with Crippen LogP contribution >= 0.6 is 0 Å². The number of carbonyl (C=O) groups is 2. The number of ether oxygens (including phenoxy) is 1. The van der Waals surface area contributed by atoms with Crippen molar-refractivity contribution >= 4 is 23.2 Å². The molecule has 142 valence electrons. The van der Waals surface area contributed by atoms with Crippen LogP contribution in [0.1, 0.15) is 10.4 Å². The smallest absolute Gasteiger partial charge is 0.246 e. The van der Waals surface area contributed by atoms with Gasteiger partial charge in [0, 0.05) is 38.8 Å². The predicted molar refractivity (Wildman–Crippen MR) is 106 cm³/mol. The van der Waals surface area contributed by atoms with E-state index < -0.39 is 0 Å². The Morgan fingerprint density at radius 1 is 1.07 bits per heavy atom. The minimum absolute atomic E-state index is 0.232. The summed E-state index contributed by atoms with van der Waals surface area (Å²) < 4.78 is 5.06. The van der Waals surface area contributed by atoms with Crippen molar-refractivity contribution in [3.63, 3.8) is 0 Å². The third-order valence-electron chi connectivity index (χ3n) is 4.11. The Kier molecular flexibility index (Phi) is 6.93. The molecule has 1 amide bonds. The quantitative estimate of drug-likeness (QED) is 0.566. The predicted octanol–water partition coefficient (Wildman–Crippen LogP) is 2.01. The van der Waals surface area contributed by atoms with Crippen molar-refractivity contribution in [2.75, 3.05) is 44.9 Å². The Balaban J connectivity index is 1.85. The number of nitrogens with zero attached hydrogens (tertiary/aromatic N) is 3. The number of allylic oxidation sites excluding steroid dienone is 1. The first kappa shape index (κ1) is 20.0. The van der Waals surface area contributed by atoms with Crippen LogP contribution < -0.4 is 15.4 Å². The maximum atomic E-state index is 12.2. The second-order valence-corrected chi connectivity index (χ2v) is 6.05. The lowest BCUT2D eigenvalue weighted by Gasteiger charge is -2.22. The topological polar surface area (TPSA) is 88.8 Å². The summed E-state index contributed by atoms with van der Waals surface area (Å²) in [7, 11) is 5.17. The highest BCUT2D eigenvalue weighted by Gasteiger charge is 2.09. The van der Waals surface area contributed by atoms with Crippen LogP contribution in [0, 0.1) is 0 Å². The highest BCUT2D eigenvalue weighted by Crippen LogP contribution is 2.13. The second kappa shape index (κ2) is 9.38. The molecule has 1 aromatic heterocycles. The normalized spacial score (nSPS) is 10.6. The Morgan fingerprint density at radius 3 is 2.37 bits per heavy atom. The fourth-order valence-corrected chi connectivity index (χ4v) is 2.29. The van der Waals surface area contributed by atoms with Crippen LogP contribution in [0.5, 0.6) is 5.75 Å². The van der Waals surface area contributed by atoms with E-state index in [2.05, 4.69) is 4.98 Å². The summed E-state index contributed by atoms with van der Waals surface area (Å²) in [4.78, 5) is 31.9. The summed E-state index contributed by atoms with van der Waals surface area (Å²) in [6, 6.07) is 10.3. The molecule has 7 heteroatoms. The van der Waals surface area contributed by atoms with Crippen molar-refractivity contribution in [2.45, 2.75) is 0 Å². The highest BCUT2D eigenvalue weighted by atomic mass is 16.5. The number of methoxy groups -OCH3 is 1. The zero-order valence-electron chi connectivity index (χ0n) is 15.8. The first-order valence-electron chi connectivity index (χ1n) is 8.45. The molecule has 2 N–H and O–H groups in total. The number of hydrogen-bond donors (Lipinski definition) is 1. The number of nitrogens with two attached hydrogens (primary N) is 1. The van der Waals surface area contributed by atoms with Gasteiger partial charge in [-0.25, -0.2) is 4.98 Å². The molecule has 0 unspecified atom stereocenters. The Hall–Kier alpha value is -3.35. The van der Waals surface area contributed by atoms with Crippen molar-refractivity contribution in [3.05, 3.63) is 60.3 Å². The lowest BCUT2D eigenvalue weighted by atomic mass is 10.1. The van der Waals surface area contributed by atoms with E-state index in [1.807, 2.05) is 18.0 Å². The van der Waals surface area contributed by atoms with Gasteiger partial charge < -0.3 is 20.3 Å². The van der Waals surface area contributed by atoms with Gasteiger partial charge in [0.1, 0.15) is 11.6 Å². The molecule has 2 rings (SSSR count). The second-order valence-electron chi connectivity index (χ2n) is 6.05. The standard InChI is InChI=1S/C20H24N4O3/c1-23(16-6-10-19(21)22-14-16)12-13-24(2)20(26)11-9-18(25)15-4-7-17(27-3)8-5-15/h4-11,14H,12-13H2,1-3H3,(H2,21,22)/b11-9+. The fraction of sp³-hybridized carbons (Fsp3) is 0.250. The number of pyridine rings is 1. The summed E-state index contributed by atoms with van der Waals surface area (Å²) in [5.74, 6) is 0.669. The van der Waals surface area contributed by atoms with Gasteiger partial charge in [-0.3, -0.25) is 9.59 Å². The lowest BCUT2D eigenvalue weighted by Crippen LogP contribution is -2.34. The molecule has 0 bridgehead atoms. The van der Waals surface area contributed by atoms with Gasteiger partial charge >= 0.3 is 0 Å². The van der Waals surface area contributed by atoms with Crippen molar-refractivity contribution in [1.82, 2.24) is 9.88 Å². The van der Waals surface area contributed by atoms with Crippen LogP contribution in [0.25, 0.3) is 0 Å². The van der Waals surface area contributed by atoms with E-state index >= 15 is 0 Å². The number of aromatic nitrogens is 1. The number of benzene rings is 1. The molecule has 0 aliphatic rings. The van der Waals surface area contributed by atoms with Gasteiger partial charge in [0.15, 0.2) is 5.78 Å². The molecule has 0 atom stereocenters. The molecule has 27 heavy (non-hydrogen) atoms. The van der Waals surface area contributed by atoms with Gasteiger partial charge in [-0.1, -0.05) is 0 Å². The van der Waals surface area contributed by atoms with Crippen molar-refractivity contribution in [1.29, 1.82) is 0 Å². The van der Waals surface area contributed by atoms with Crippen LogP contribution in [-0.4, -0.2) is 55.9 Å². The summed E-state index contributed by atoms with van der Waals surface area (Å²) in [5, 5.41) is 0. The number of ketones is 1. The summed E-state index contributed by atoms with van der Waals surface area (Å²) in [6.45, 7) is 1.12. The SMILES string of the molecule is COc1ccc(C(=O)/C=C/C(=O)N(C)CCN(C)c2ccc(N)nc2)cc1.